The Kier molecular flexibility index (Phi) is 3.81. The van der Waals surface area contributed by atoms with Gasteiger partial charge in [-0.15, -0.1) is 0 Å². The lowest BCUT2D eigenvalue weighted by atomic mass is 10.2. The first-order chi connectivity index (χ1) is 8.58. The lowest BCUT2D eigenvalue weighted by Gasteiger charge is -2.20. The monoisotopic (exact) mass is 312 g/mol. The third-order valence-electron chi connectivity index (χ3n) is 2.71. The number of rotatable bonds is 1. The van der Waals surface area contributed by atoms with Crippen LogP contribution < -0.4 is 11.1 Å². The molecule has 1 aliphatic rings. The summed E-state index contributed by atoms with van der Waals surface area (Å²) < 4.78 is 0.602. The molecule has 0 spiro atoms. The molecule has 1 aromatic heterocycles. The topological polar surface area (TPSA) is 88.3 Å². The van der Waals surface area contributed by atoms with E-state index in [1.54, 1.807) is 4.90 Å². The first-order valence-electron chi connectivity index (χ1n) is 5.55. The first kappa shape index (κ1) is 12.8. The van der Waals surface area contributed by atoms with E-state index in [-0.39, 0.29) is 11.8 Å². The second-order valence-corrected chi connectivity index (χ2v) is 4.84. The molecule has 7 heteroatoms. The quantitative estimate of drug-likeness (QED) is 0.785. The molecular weight excluding hydrogens is 300 g/mol. The summed E-state index contributed by atoms with van der Waals surface area (Å²) in [6, 6.07) is 1.53. The minimum Gasteiger partial charge on any atom is -0.384 e. The number of amides is 2. The molecule has 0 bridgehead atoms. The molecule has 1 aliphatic heterocycles. The molecule has 0 radical (unpaired) electrons. The number of hydrogen-bond acceptors (Lipinski definition) is 4. The second-order valence-electron chi connectivity index (χ2n) is 3.98. The van der Waals surface area contributed by atoms with Crippen molar-refractivity contribution in [3.63, 3.8) is 0 Å². The molecule has 6 nitrogen and oxygen atoms in total. The highest BCUT2D eigenvalue weighted by Crippen LogP contribution is 2.19. The maximum absolute atomic E-state index is 12.3. The van der Waals surface area contributed by atoms with Crippen LogP contribution in [0.2, 0.25) is 0 Å². The van der Waals surface area contributed by atoms with Crippen LogP contribution in [0.1, 0.15) is 16.8 Å². The van der Waals surface area contributed by atoms with Crippen molar-refractivity contribution in [3.05, 3.63) is 22.3 Å². The molecule has 2 heterocycles. The van der Waals surface area contributed by atoms with Crippen LogP contribution in [0.15, 0.2) is 16.7 Å². The molecule has 2 rings (SSSR count). The molecule has 18 heavy (non-hydrogen) atoms. The number of halogens is 1. The van der Waals surface area contributed by atoms with Gasteiger partial charge in [-0.2, -0.15) is 0 Å². The number of nitrogens with zero attached hydrogens (tertiary/aromatic N) is 2. The molecule has 1 fully saturated rings. The van der Waals surface area contributed by atoms with Crippen LogP contribution in [-0.2, 0) is 4.79 Å². The van der Waals surface area contributed by atoms with Crippen molar-refractivity contribution in [2.75, 3.05) is 25.4 Å². The standard InChI is InChI=1S/C11H13BrN4O2/c12-8-6-15-9(13)5-7(8)11(18)16-3-1-10(17)14-2-4-16/h5-6H,1-4H2,(H2,13,15)(H,14,17). The van der Waals surface area contributed by atoms with E-state index >= 15 is 0 Å². The summed E-state index contributed by atoms with van der Waals surface area (Å²) in [6.07, 6.45) is 1.83. The van der Waals surface area contributed by atoms with Gasteiger partial charge in [0, 0.05) is 36.7 Å². The fraction of sp³-hybridized carbons (Fsp3) is 0.364. The van der Waals surface area contributed by atoms with Gasteiger partial charge in [-0.3, -0.25) is 9.59 Å². The summed E-state index contributed by atoms with van der Waals surface area (Å²) in [5.74, 6) is 0.122. The zero-order valence-electron chi connectivity index (χ0n) is 9.65. The minimum absolute atomic E-state index is 0.0291. The molecule has 0 saturated carbocycles. The Morgan fingerprint density at radius 2 is 2.28 bits per heavy atom. The summed E-state index contributed by atoms with van der Waals surface area (Å²) in [4.78, 5) is 29.1. The molecule has 0 unspecified atom stereocenters. The smallest absolute Gasteiger partial charge is 0.255 e. The Bertz CT molecular complexity index is 492. The van der Waals surface area contributed by atoms with Crippen molar-refractivity contribution in [2.45, 2.75) is 6.42 Å². The number of nitrogens with one attached hydrogen (secondary N) is 1. The van der Waals surface area contributed by atoms with Crippen LogP contribution in [0.3, 0.4) is 0 Å². The number of nitrogens with two attached hydrogens (primary N) is 1. The van der Waals surface area contributed by atoms with Crippen LogP contribution in [0, 0.1) is 0 Å². The van der Waals surface area contributed by atoms with Crippen molar-refractivity contribution >= 4 is 33.6 Å². The summed E-state index contributed by atoms with van der Waals surface area (Å²) in [6.45, 7) is 1.39. The third-order valence-corrected chi connectivity index (χ3v) is 3.34. The van der Waals surface area contributed by atoms with E-state index in [0.29, 0.717) is 41.9 Å². The number of hydrogen-bond donors (Lipinski definition) is 2. The summed E-state index contributed by atoms with van der Waals surface area (Å²) in [7, 11) is 0. The predicted molar refractivity (Wildman–Crippen MR) is 69.9 cm³/mol. The molecule has 0 aliphatic carbocycles. The zero-order valence-corrected chi connectivity index (χ0v) is 11.2. The fourth-order valence-electron chi connectivity index (χ4n) is 1.76. The minimum atomic E-state index is -0.146. The van der Waals surface area contributed by atoms with Crippen LogP contribution >= 0.6 is 15.9 Å². The van der Waals surface area contributed by atoms with Crippen molar-refractivity contribution in [3.8, 4) is 0 Å². The Morgan fingerprint density at radius 1 is 1.50 bits per heavy atom. The lowest BCUT2D eigenvalue weighted by molar-refractivity contribution is -0.120. The highest BCUT2D eigenvalue weighted by atomic mass is 79.9. The Balaban J connectivity index is 2.19. The molecule has 3 N–H and O–H groups in total. The van der Waals surface area contributed by atoms with Crippen molar-refractivity contribution < 1.29 is 9.59 Å². The van der Waals surface area contributed by atoms with Gasteiger partial charge in [-0.25, -0.2) is 4.98 Å². The highest BCUT2D eigenvalue weighted by molar-refractivity contribution is 9.10. The number of pyridine rings is 1. The van der Waals surface area contributed by atoms with E-state index in [1.165, 1.54) is 12.3 Å². The van der Waals surface area contributed by atoms with E-state index < -0.39 is 0 Å². The normalized spacial score (nSPS) is 16.1. The summed E-state index contributed by atoms with van der Waals surface area (Å²) >= 11 is 3.28. The van der Waals surface area contributed by atoms with Crippen molar-refractivity contribution in [1.29, 1.82) is 0 Å². The number of nitrogen functional groups attached to an aromatic ring is 1. The van der Waals surface area contributed by atoms with E-state index in [2.05, 4.69) is 26.2 Å². The van der Waals surface area contributed by atoms with Crippen LogP contribution in [0.25, 0.3) is 0 Å². The lowest BCUT2D eigenvalue weighted by Crippen LogP contribution is -2.34. The first-order valence-corrected chi connectivity index (χ1v) is 6.34. The third kappa shape index (κ3) is 2.79. The molecule has 2 amide bonds. The van der Waals surface area contributed by atoms with E-state index in [4.69, 9.17) is 5.73 Å². The van der Waals surface area contributed by atoms with Crippen LogP contribution in [-0.4, -0.2) is 41.3 Å². The Hall–Kier alpha value is -1.63. The zero-order chi connectivity index (χ0) is 13.1. The van der Waals surface area contributed by atoms with E-state index in [9.17, 15) is 9.59 Å². The largest absolute Gasteiger partial charge is 0.384 e. The molecule has 1 aromatic rings. The summed E-state index contributed by atoms with van der Waals surface area (Å²) in [5.41, 5.74) is 6.05. The maximum atomic E-state index is 12.3. The fourth-order valence-corrected chi connectivity index (χ4v) is 2.15. The Labute approximate surface area is 113 Å². The van der Waals surface area contributed by atoms with Gasteiger partial charge >= 0.3 is 0 Å². The average Bonchev–Trinajstić information content (AvgIpc) is 2.56. The predicted octanol–water partition coefficient (Wildman–Crippen LogP) is 0.388. The Morgan fingerprint density at radius 3 is 3.06 bits per heavy atom. The number of aromatic nitrogens is 1. The molecule has 96 valence electrons. The van der Waals surface area contributed by atoms with E-state index in [0.717, 1.165) is 0 Å². The van der Waals surface area contributed by atoms with E-state index in [1.807, 2.05) is 0 Å². The van der Waals surface area contributed by atoms with Crippen molar-refractivity contribution in [2.24, 2.45) is 0 Å². The van der Waals surface area contributed by atoms with Crippen molar-refractivity contribution in [1.82, 2.24) is 15.2 Å². The molecule has 0 aromatic carbocycles. The van der Waals surface area contributed by atoms with Gasteiger partial charge in [0.15, 0.2) is 0 Å². The average molecular weight is 313 g/mol. The molecular formula is C11H13BrN4O2. The molecule has 1 saturated heterocycles. The van der Waals surface area contributed by atoms with Gasteiger partial charge in [-0.1, -0.05) is 0 Å². The molecule has 0 atom stereocenters. The number of carbonyl (C=O) groups is 2. The SMILES string of the molecule is Nc1cc(C(=O)N2CCNC(=O)CC2)c(Br)cn1. The van der Waals surface area contributed by atoms with Crippen LogP contribution in [0.5, 0.6) is 0 Å². The van der Waals surface area contributed by atoms with Gasteiger partial charge in [0.25, 0.3) is 5.91 Å². The van der Waals surface area contributed by atoms with Gasteiger partial charge in [0.1, 0.15) is 5.82 Å². The van der Waals surface area contributed by atoms with Gasteiger partial charge < -0.3 is 16.0 Å². The van der Waals surface area contributed by atoms with Gasteiger partial charge in [0.2, 0.25) is 5.91 Å². The summed E-state index contributed by atoms with van der Waals surface area (Å²) in [5, 5.41) is 2.73. The van der Waals surface area contributed by atoms with Gasteiger partial charge in [0.05, 0.1) is 5.56 Å². The van der Waals surface area contributed by atoms with Gasteiger partial charge in [-0.05, 0) is 22.0 Å². The highest BCUT2D eigenvalue weighted by Gasteiger charge is 2.21. The number of anilines is 1. The number of carbonyl (C=O) groups excluding carboxylic acids is 2. The van der Waals surface area contributed by atoms with Crippen LogP contribution in [0.4, 0.5) is 5.82 Å². The maximum Gasteiger partial charge on any atom is 0.255 e. The second kappa shape index (κ2) is 5.34.